The standard InChI is InChI=1S/C14H18O2/c1-15-13-8-5-12(6-9-13)7-10-14-4-2-3-11-16-14/h3,5-6,8-9,11,14H,2,4,7,10H2,1H3/t14-/m0/s1. The molecule has 0 amide bonds. The number of allylic oxidation sites excluding steroid dienone is 1. The molecule has 2 nitrogen and oxygen atoms in total. The van der Waals surface area contributed by atoms with Crippen LogP contribution in [0.1, 0.15) is 24.8 Å². The molecule has 1 heterocycles. The van der Waals surface area contributed by atoms with Crippen molar-refractivity contribution < 1.29 is 9.47 Å². The molecule has 0 saturated heterocycles. The SMILES string of the molecule is COc1ccc(CC[C@@H]2CCC=CO2)cc1. The fourth-order valence-corrected chi connectivity index (χ4v) is 1.92. The van der Waals surface area contributed by atoms with E-state index in [0.717, 1.165) is 31.4 Å². The van der Waals surface area contributed by atoms with Gasteiger partial charge in [0.25, 0.3) is 0 Å². The highest BCUT2D eigenvalue weighted by Gasteiger charge is 2.10. The molecule has 0 spiro atoms. The Balaban J connectivity index is 1.82. The van der Waals surface area contributed by atoms with Crippen LogP contribution in [0.5, 0.6) is 5.75 Å². The predicted molar refractivity (Wildman–Crippen MR) is 64.6 cm³/mol. The minimum absolute atomic E-state index is 0.395. The summed E-state index contributed by atoms with van der Waals surface area (Å²) in [5.41, 5.74) is 1.35. The lowest BCUT2D eigenvalue weighted by Gasteiger charge is -2.19. The molecule has 0 saturated carbocycles. The summed E-state index contributed by atoms with van der Waals surface area (Å²) in [6, 6.07) is 8.27. The molecule has 0 aromatic heterocycles. The topological polar surface area (TPSA) is 18.5 Å². The number of aryl methyl sites for hydroxylation is 1. The zero-order chi connectivity index (χ0) is 11.2. The van der Waals surface area contributed by atoms with E-state index in [1.54, 1.807) is 7.11 Å². The van der Waals surface area contributed by atoms with E-state index in [0.29, 0.717) is 6.10 Å². The van der Waals surface area contributed by atoms with E-state index in [1.165, 1.54) is 5.56 Å². The summed E-state index contributed by atoms with van der Waals surface area (Å²) < 4.78 is 10.7. The average Bonchev–Trinajstić information content (AvgIpc) is 2.38. The third-order valence-corrected chi connectivity index (χ3v) is 2.94. The lowest BCUT2D eigenvalue weighted by Crippen LogP contribution is -2.13. The highest BCUT2D eigenvalue weighted by molar-refractivity contribution is 5.27. The first kappa shape index (κ1) is 11.1. The van der Waals surface area contributed by atoms with Crippen molar-refractivity contribution in [2.24, 2.45) is 0 Å². The Morgan fingerprint density at radius 3 is 2.75 bits per heavy atom. The van der Waals surface area contributed by atoms with Gasteiger partial charge in [-0.1, -0.05) is 12.1 Å². The molecule has 0 bridgehead atoms. The summed E-state index contributed by atoms with van der Waals surface area (Å²) in [6.07, 6.45) is 8.78. The average molecular weight is 218 g/mol. The largest absolute Gasteiger partial charge is 0.498 e. The van der Waals surface area contributed by atoms with E-state index in [1.807, 2.05) is 18.4 Å². The van der Waals surface area contributed by atoms with Crippen molar-refractivity contribution in [3.8, 4) is 5.75 Å². The number of rotatable bonds is 4. The van der Waals surface area contributed by atoms with Gasteiger partial charge in [0.1, 0.15) is 5.75 Å². The fourth-order valence-electron chi connectivity index (χ4n) is 1.92. The van der Waals surface area contributed by atoms with Crippen LogP contribution in [0.4, 0.5) is 0 Å². The van der Waals surface area contributed by atoms with Gasteiger partial charge in [0.05, 0.1) is 19.5 Å². The Morgan fingerprint density at radius 2 is 2.12 bits per heavy atom. The minimum atomic E-state index is 0.395. The third kappa shape index (κ3) is 3.02. The van der Waals surface area contributed by atoms with Crippen LogP contribution in [0.25, 0.3) is 0 Å². The molecule has 1 atom stereocenters. The molecule has 2 rings (SSSR count). The van der Waals surface area contributed by atoms with Gasteiger partial charge in [0.2, 0.25) is 0 Å². The van der Waals surface area contributed by atoms with Gasteiger partial charge in [-0.3, -0.25) is 0 Å². The van der Waals surface area contributed by atoms with Crippen LogP contribution >= 0.6 is 0 Å². The molecular formula is C14H18O2. The van der Waals surface area contributed by atoms with Gasteiger partial charge >= 0.3 is 0 Å². The maximum absolute atomic E-state index is 5.54. The zero-order valence-corrected chi connectivity index (χ0v) is 9.69. The summed E-state index contributed by atoms with van der Waals surface area (Å²) in [5.74, 6) is 0.917. The molecule has 0 N–H and O–H groups in total. The van der Waals surface area contributed by atoms with E-state index in [9.17, 15) is 0 Å². The first-order valence-electron chi connectivity index (χ1n) is 5.82. The second kappa shape index (κ2) is 5.59. The zero-order valence-electron chi connectivity index (χ0n) is 9.69. The molecule has 1 aliphatic heterocycles. The van der Waals surface area contributed by atoms with Crippen molar-refractivity contribution in [2.75, 3.05) is 7.11 Å². The van der Waals surface area contributed by atoms with Crippen molar-refractivity contribution in [3.05, 3.63) is 42.2 Å². The van der Waals surface area contributed by atoms with E-state index in [4.69, 9.17) is 9.47 Å². The van der Waals surface area contributed by atoms with Gasteiger partial charge in [-0.25, -0.2) is 0 Å². The van der Waals surface area contributed by atoms with Crippen LogP contribution < -0.4 is 4.74 Å². The molecule has 2 heteroatoms. The number of methoxy groups -OCH3 is 1. The monoisotopic (exact) mass is 218 g/mol. The second-order valence-electron chi connectivity index (χ2n) is 4.09. The van der Waals surface area contributed by atoms with Gasteiger partial charge in [0.15, 0.2) is 0 Å². The van der Waals surface area contributed by atoms with Crippen LogP contribution in [-0.4, -0.2) is 13.2 Å². The Hall–Kier alpha value is -1.44. The van der Waals surface area contributed by atoms with Gasteiger partial charge < -0.3 is 9.47 Å². The summed E-state index contributed by atoms with van der Waals surface area (Å²) in [5, 5.41) is 0. The van der Waals surface area contributed by atoms with Crippen LogP contribution in [0.3, 0.4) is 0 Å². The molecule has 0 radical (unpaired) electrons. The van der Waals surface area contributed by atoms with E-state index in [-0.39, 0.29) is 0 Å². The van der Waals surface area contributed by atoms with Gasteiger partial charge in [-0.05, 0) is 49.5 Å². The maximum Gasteiger partial charge on any atom is 0.118 e. The number of benzene rings is 1. The number of ether oxygens (including phenoxy) is 2. The van der Waals surface area contributed by atoms with Crippen LogP contribution in [-0.2, 0) is 11.2 Å². The Bertz CT molecular complexity index is 340. The van der Waals surface area contributed by atoms with Crippen LogP contribution in [0.2, 0.25) is 0 Å². The molecule has 0 unspecified atom stereocenters. The van der Waals surface area contributed by atoms with Gasteiger partial charge in [0, 0.05) is 0 Å². The lowest BCUT2D eigenvalue weighted by molar-refractivity contribution is 0.116. The van der Waals surface area contributed by atoms with Crippen molar-refractivity contribution in [1.29, 1.82) is 0 Å². The van der Waals surface area contributed by atoms with Crippen LogP contribution in [0, 0.1) is 0 Å². The summed E-state index contributed by atoms with van der Waals surface area (Å²) in [7, 11) is 1.69. The molecule has 16 heavy (non-hydrogen) atoms. The van der Waals surface area contributed by atoms with Crippen molar-refractivity contribution in [3.63, 3.8) is 0 Å². The maximum atomic E-state index is 5.54. The summed E-state index contributed by atoms with van der Waals surface area (Å²) in [6.45, 7) is 0. The Morgan fingerprint density at radius 1 is 1.31 bits per heavy atom. The van der Waals surface area contributed by atoms with Crippen molar-refractivity contribution in [2.45, 2.75) is 31.8 Å². The number of hydrogen-bond donors (Lipinski definition) is 0. The van der Waals surface area contributed by atoms with Crippen molar-refractivity contribution >= 4 is 0 Å². The van der Waals surface area contributed by atoms with E-state index >= 15 is 0 Å². The van der Waals surface area contributed by atoms with Gasteiger partial charge in [-0.2, -0.15) is 0 Å². The summed E-state index contributed by atoms with van der Waals surface area (Å²) in [4.78, 5) is 0. The van der Waals surface area contributed by atoms with E-state index < -0.39 is 0 Å². The second-order valence-corrected chi connectivity index (χ2v) is 4.09. The molecule has 86 valence electrons. The smallest absolute Gasteiger partial charge is 0.118 e. The molecule has 1 aromatic carbocycles. The Kier molecular flexibility index (Phi) is 3.86. The van der Waals surface area contributed by atoms with E-state index in [2.05, 4.69) is 18.2 Å². The first-order chi connectivity index (χ1) is 7.88. The predicted octanol–water partition coefficient (Wildman–Crippen LogP) is 3.32. The normalized spacial score (nSPS) is 19.2. The first-order valence-corrected chi connectivity index (χ1v) is 5.82. The molecule has 0 fully saturated rings. The summed E-state index contributed by atoms with van der Waals surface area (Å²) >= 11 is 0. The quantitative estimate of drug-likeness (QED) is 0.771. The third-order valence-electron chi connectivity index (χ3n) is 2.94. The molecule has 1 aliphatic rings. The number of hydrogen-bond acceptors (Lipinski definition) is 2. The molecular weight excluding hydrogens is 200 g/mol. The highest BCUT2D eigenvalue weighted by Crippen LogP contribution is 2.18. The van der Waals surface area contributed by atoms with Gasteiger partial charge in [-0.15, -0.1) is 0 Å². The fraction of sp³-hybridized carbons (Fsp3) is 0.429. The van der Waals surface area contributed by atoms with Crippen LogP contribution in [0.15, 0.2) is 36.6 Å². The molecule has 1 aromatic rings. The van der Waals surface area contributed by atoms with Crippen molar-refractivity contribution in [1.82, 2.24) is 0 Å². The minimum Gasteiger partial charge on any atom is -0.498 e. The molecule has 0 aliphatic carbocycles. The highest BCUT2D eigenvalue weighted by atomic mass is 16.5. The Labute approximate surface area is 96.9 Å². The lowest BCUT2D eigenvalue weighted by atomic mass is 10.0.